The number of nitriles is 1. The van der Waals surface area contributed by atoms with Gasteiger partial charge in [0.1, 0.15) is 11.6 Å². The zero-order valence-electron chi connectivity index (χ0n) is 18.2. The van der Waals surface area contributed by atoms with E-state index in [9.17, 15) is 15.2 Å². The van der Waals surface area contributed by atoms with Gasteiger partial charge in [0, 0.05) is 12.8 Å². The van der Waals surface area contributed by atoms with Crippen LogP contribution in [-0.2, 0) is 13.0 Å². The number of ether oxygens (including phenoxy) is 2. The number of methoxy groups -OCH3 is 2. The standard InChI is InChI=1S/C24H21Cl2N3O4/c1-14-17(12-27)23(30)29(9-8-15-4-7-21(32-2)22(10-15)33-3)24(31)18(14)13-28-16-5-6-19(25)20(26)11-16/h4-7,10-11,13,31H,8-9H2,1-3H3. The van der Waals surface area contributed by atoms with Crippen molar-refractivity contribution in [2.24, 2.45) is 4.99 Å². The van der Waals surface area contributed by atoms with Crippen LogP contribution in [-0.4, -0.2) is 30.1 Å². The second kappa shape index (κ2) is 10.4. The summed E-state index contributed by atoms with van der Waals surface area (Å²) >= 11 is 12.0. The van der Waals surface area contributed by atoms with Crippen LogP contribution < -0.4 is 15.0 Å². The first-order chi connectivity index (χ1) is 15.8. The summed E-state index contributed by atoms with van der Waals surface area (Å²) in [6.07, 6.45) is 1.81. The van der Waals surface area contributed by atoms with E-state index in [-0.39, 0.29) is 23.6 Å². The van der Waals surface area contributed by atoms with Crippen molar-refractivity contribution in [3.8, 4) is 23.4 Å². The van der Waals surface area contributed by atoms with Gasteiger partial charge in [-0.15, -0.1) is 0 Å². The first kappa shape index (κ1) is 24.2. The fourth-order valence-electron chi connectivity index (χ4n) is 3.31. The van der Waals surface area contributed by atoms with Crippen molar-refractivity contribution >= 4 is 35.1 Å². The van der Waals surface area contributed by atoms with Crippen molar-refractivity contribution in [1.29, 1.82) is 5.26 Å². The van der Waals surface area contributed by atoms with E-state index in [0.29, 0.717) is 39.2 Å². The van der Waals surface area contributed by atoms with Gasteiger partial charge in [-0.25, -0.2) is 0 Å². The number of nitrogens with zero attached hydrogens (tertiary/aromatic N) is 3. The Hall–Kier alpha value is -3.47. The number of hydrogen-bond acceptors (Lipinski definition) is 6. The third-order valence-electron chi connectivity index (χ3n) is 5.16. The SMILES string of the molecule is COc1ccc(CCn2c(O)c(C=Nc3ccc(Cl)c(Cl)c3)c(C)c(C#N)c2=O)cc1OC. The van der Waals surface area contributed by atoms with Crippen molar-refractivity contribution in [2.45, 2.75) is 19.9 Å². The van der Waals surface area contributed by atoms with Crippen LogP contribution in [0, 0.1) is 18.3 Å². The predicted octanol–water partition coefficient (Wildman–Crippen LogP) is 5.05. The average molecular weight is 486 g/mol. The molecule has 1 heterocycles. The van der Waals surface area contributed by atoms with Crippen molar-refractivity contribution in [3.05, 3.63) is 79.1 Å². The molecule has 170 valence electrons. The Morgan fingerprint density at radius 3 is 2.48 bits per heavy atom. The topological polar surface area (TPSA) is 96.8 Å². The molecule has 0 aliphatic carbocycles. The first-order valence-electron chi connectivity index (χ1n) is 9.87. The number of pyridine rings is 1. The summed E-state index contributed by atoms with van der Waals surface area (Å²) in [7, 11) is 3.09. The van der Waals surface area contributed by atoms with Crippen LogP contribution in [0.1, 0.15) is 22.3 Å². The number of aryl methyl sites for hydroxylation is 1. The molecule has 0 saturated carbocycles. The molecule has 0 aliphatic rings. The van der Waals surface area contributed by atoms with Gasteiger partial charge in [0.15, 0.2) is 11.5 Å². The van der Waals surface area contributed by atoms with Gasteiger partial charge in [-0.2, -0.15) is 5.26 Å². The minimum atomic E-state index is -0.570. The number of aromatic hydroxyl groups is 1. The van der Waals surface area contributed by atoms with Crippen LogP contribution in [0.4, 0.5) is 5.69 Å². The van der Waals surface area contributed by atoms with Crippen molar-refractivity contribution in [1.82, 2.24) is 4.57 Å². The van der Waals surface area contributed by atoms with Gasteiger partial charge in [0.25, 0.3) is 5.56 Å². The minimum absolute atomic E-state index is 0.0595. The fraction of sp³-hybridized carbons (Fsp3) is 0.208. The number of hydrogen-bond donors (Lipinski definition) is 1. The van der Waals surface area contributed by atoms with Gasteiger partial charge in [0.2, 0.25) is 5.88 Å². The fourth-order valence-corrected chi connectivity index (χ4v) is 3.61. The molecule has 0 atom stereocenters. The lowest BCUT2D eigenvalue weighted by Gasteiger charge is -2.15. The molecule has 2 aromatic carbocycles. The zero-order valence-corrected chi connectivity index (χ0v) is 19.7. The summed E-state index contributed by atoms with van der Waals surface area (Å²) < 4.78 is 11.7. The quantitative estimate of drug-likeness (QED) is 0.472. The van der Waals surface area contributed by atoms with E-state index < -0.39 is 5.56 Å². The third kappa shape index (κ3) is 5.14. The van der Waals surface area contributed by atoms with Crippen LogP contribution in [0.15, 0.2) is 46.2 Å². The van der Waals surface area contributed by atoms with E-state index in [4.69, 9.17) is 32.7 Å². The van der Waals surface area contributed by atoms with Gasteiger partial charge < -0.3 is 14.6 Å². The Morgan fingerprint density at radius 2 is 1.85 bits per heavy atom. The lowest BCUT2D eigenvalue weighted by Crippen LogP contribution is -2.26. The monoisotopic (exact) mass is 485 g/mol. The molecule has 0 amide bonds. The molecule has 0 saturated heterocycles. The van der Waals surface area contributed by atoms with E-state index >= 15 is 0 Å². The van der Waals surface area contributed by atoms with E-state index in [2.05, 4.69) is 4.99 Å². The summed E-state index contributed by atoms with van der Waals surface area (Å²) in [6, 6.07) is 12.2. The molecule has 0 unspecified atom stereocenters. The lowest BCUT2D eigenvalue weighted by atomic mass is 10.1. The number of aliphatic imine (C=N–C) groups is 1. The molecule has 0 aliphatic heterocycles. The lowest BCUT2D eigenvalue weighted by molar-refractivity contribution is 0.354. The molecule has 0 fully saturated rings. The number of benzene rings is 2. The van der Waals surface area contributed by atoms with Gasteiger partial charge >= 0.3 is 0 Å². The Labute approximate surface area is 201 Å². The number of halogens is 2. The van der Waals surface area contributed by atoms with Gasteiger partial charge in [-0.3, -0.25) is 14.4 Å². The van der Waals surface area contributed by atoms with Gasteiger partial charge in [-0.1, -0.05) is 29.3 Å². The first-order valence-corrected chi connectivity index (χ1v) is 10.6. The summed E-state index contributed by atoms with van der Waals surface area (Å²) in [5.74, 6) is 0.868. The highest BCUT2D eigenvalue weighted by atomic mass is 35.5. The highest BCUT2D eigenvalue weighted by Gasteiger charge is 2.18. The Kier molecular flexibility index (Phi) is 7.64. The molecule has 3 rings (SSSR count). The minimum Gasteiger partial charge on any atom is -0.494 e. The largest absolute Gasteiger partial charge is 0.494 e. The smallest absolute Gasteiger partial charge is 0.271 e. The van der Waals surface area contributed by atoms with Crippen LogP contribution in [0.2, 0.25) is 10.0 Å². The van der Waals surface area contributed by atoms with Crippen LogP contribution >= 0.6 is 23.2 Å². The Bertz CT molecular complexity index is 1330. The van der Waals surface area contributed by atoms with Crippen LogP contribution in [0.5, 0.6) is 17.4 Å². The molecule has 0 spiro atoms. The molecule has 1 aromatic heterocycles. The summed E-state index contributed by atoms with van der Waals surface area (Å²) in [4.78, 5) is 17.2. The molecule has 9 heteroatoms. The third-order valence-corrected chi connectivity index (χ3v) is 5.90. The van der Waals surface area contributed by atoms with Gasteiger partial charge in [0.05, 0.1) is 35.5 Å². The van der Waals surface area contributed by atoms with E-state index in [1.807, 2.05) is 12.1 Å². The molecule has 0 radical (unpaired) electrons. The summed E-state index contributed by atoms with van der Waals surface area (Å²) in [5.41, 5.74) is 1.35. The molecule has 33 heavy (non-hydrogen) atoms. The van der Waals surface area contributed by atoms with Crippen molar-refractivity contribution < 1.29 is 14.6 Å². The maximum absolute atomic E-state index is 12.9. The normalized spacial score (nSPS) is 10.9. The van der Waals surface area contributed by atoms with Crippen molar-refractivity contribution in [3.63, 3.8) is 0 Å². The summed E-state index contributed by atoms with van der Waals surface area (Å²) in [6.45, 7) is 1.73. The molecule has 0 bridgehead atoms. The van der Waals surface area contributed by atoms with Crippen molar-refractivity contribution in [2.75, 3.05) is 14.2 Å². The molecule has 1 N–H and O–H groups in total. The number of aromatic nitrogens is 1. The highest BCUT2D eigenvalue weighted by molar-refractivity contribution is 6.42. The number of rotatable bonds is 7. The predicted molar refractivity (Wildman–Crippen MR) is 129 cm³/mol. The molecule has 7 nitrogen and oxygen atoms in total. The van der Waals surface area contributed by atoms with Crippen LogP contribution in [0.3, 0.4) is 0 Å². The van der Waals surface area contributed by atoms with Gasteiger partial charge in [-0.05, 0) is 54.8 Å². The second-order valence-corrected chi connectivity index (χ2v) is 7.92. The zero-order chi connectivity index (χ0) is 24.1. The average Bonchev–Trinajstić information content (AvgIpc) is 2.81. The maximum Gasteiger partial charge on any atom is 0.271 e. The molecular formula is C24H21Cl2N3O4. The second-order valence-electron chi connectivity index (χ2n) is 7.10. The highest BCUT2D eigenvalue weighted by Crippen LogP contribution is 2.29. The van der Waals surface area contributed by atoms with E-state index in [1.165, 1.54) is 17.9 Å². The molecular weight excluding hydrogens is 465 g/mol. The summed E-state index contributed by atoms with van der Waals surface area (Å²) in [5, 5.41) is 21.2. The maximum atomic E-state index is 12.9. The Balaban J connectivity index is 1.99. The Morgan fingerprint density at radius 1 is 1.12 bits per heavy atom. The van der Waals surface area contributed by atoms with E-state index in [0.717, 1.165) is 5.56 Å². The van der Waals surface area contributed by atoms with E-state index in [1.54, 1.807) is 44.4 Å². The molecule has 3 aromatic rings. The van der Waals surface area contributed by atoms with Crippen LogP contribution in [0.25, 0.3) is 0 Å².